The Kier molecular flexibility index (Phi) is 7.00. The van der Waals surface area contributed by atoms with Crippen LogP contribution in [-0.4, -0.2) is 35.4 Å². The summed E-state index contributed by atoms with van der Waals surface area (Å²) in [6.45, 7) is 0.173. The average Bonchev–Trinajstić information content (AvgIpc) is 2.16. The second kappa shape index (κ2) is 7.49. The van der Waals surface area contributed by atoms with E-state index < -0.39 is 12.0 Å². The molecule has 0 spiro atoms. The minimum absolute atomic E-state index is 0.235. The molecule has 0 rings (SSSR count). The van der Waals surface area contributed by atoms with Crippen LogP contribution in [0, 0.1) is 0 Å². The van der Waals surface area contributed by atoms with E-state index in [9.17, 15) is 4.79 Å². The molecule has 0 aliphatic rings. The quantitative estimate of drug-likeness (QED) is 0.392. The number of amides is 1. The van der Waals surface area contributed by atoms with E-state index in [0.29, 0.717) is 25.0 Å². The summed E-state index contributed by atoms with van der Waals surface area (Å²) in [5.74, 6) is -0.497. The third-order valence-electron chi connectivity index (χ3n) is 1.81. The number of carbonyl (C=O) groups excluding carboxylic acids is 1. The highest BCUT2D eigenvalue weighted by Crippen LogP contribution is 2.06. The zero-order valence-electron chi connectivity index (χ0n) is 8.15. The Labute approximate surface area is 83.4 Å². The number of aliphatic hydroxyl groups excluding tert-OH is 2. The van der Waals surface area contributed by atoms with E-state index in [1.54, 1.807) is 6.08 Å². The third-order valence-corrected chi connectivity index (χ3v) is 1.81. The highest BCUT2D eigenvalue weighted by Gasteiger charge is 2.06. The van der Waals surface area contributed by atoms with Crippen molar-refractivity contribution in [3.63, 3.8) is 0 Å². The van der Waals surface area contributed by atoms with E-state index in [1.807, 2.05) is 0 Å². The Balaban J connectivity index is 4.11. The molecule has 0 aliphatic carbocycles. The zero-order valence-corrected chi connectivity index (χ0v) is 8.15. The van der Waals surface area contributed by atoms with Crippen molar-refractivity contribution in [3.05, 3.63) is 11.6 Å². The normalized spacial score (nSPS) is 14.1. The van der Waals surface area contributed by atoms with E-state index in [1.165, 1.54) is 0 Å². The van der Waals surface area contributed by atoms with Gasteiger partial charge in [-0.3, -0.25) is 4.79 Å². The molecule has 82 valence electrons. The Morgan fingerprint density at radius 1 is 1.50 bits per heavy atom. The fraction of sp³-hybridized carbons (Fsp3) is 0.667. The van der Waals surface area contributed by atoms with Crippen LogP contribution in [0.2, 0.25) is 0 Å². The van der Waals surface area contributed by atoms with Crippen LogP contribution in [0.5, 0.6) is 0 Å². The number of hydrogen-bond acceptors (Lipinski definition) is 4. The molecule has 0 aromatic carbocycles. The smallest absolute Gasteiger partial charge is 0.244 e. The summed E-state index contributed by atoms with van der Waals surface area (Å²) in [5.41, 5.74) is 10.9. The molecule has 0 aliphatic heterocycles. The lowest BCUT2D eigenvalue weighted by Gasteiger charge is -2.05. The first kappa shape index (κ1) is 13.1. The maximum Gasteiger partial charge on any atom is 0.244 e. The Bertz CT molecular complexity index is 204. The molecule has 14 heavy (non-hydrogen) atoms. The number of aliphatic hydroxyl groups is 2. The predicted molar refractivity (Wildman–Crippen MR) is 53.3 cm³/mol. The molecule has 1 unspecified atom stereocenters. The van der Waals surface area contributed by atoms with Crippen molar-refractivity contribution in [2.45, 2.75) is 25.4 Å². The largest absolute Gasteiger partial charge is 0.394 e. The number of carbonyl (C=O) groups is 1. The first-order chi connectivity index (χ1) is 6.61. The van der Waals surface area contributed by atoms with Gasteiger partial charge in [-0.1, -0.05) is 6.08 Å². The number of nitrogens with two attached hydrogens (primary N) is 2. The summed E-state index contributed by atoms with van der Waals surface area (Å²) in [6.07, 6.45) is 2.16. The lowest BCUT2D eigenvalue weighted by Crippen LogP contribution is -2.17. The molecular weight excluding hydrogens is 184 g/mol. The van der Waals surface area contributed by atoms with Gasteiger partial charge in [-0.25, -0.2) is 0 Å². The summed E-state index contributed by atoms with van der Waals surface area (Å²) >= 11 is 0. The molecule has 0 bridgehead atoms. The van der Waals surface area contributed by atoms with Gasteiger partial charge in [0, 0.05) is 5.57 Å². The van der Waals surface area contributed by atoms with Gasteiger partial charge in [0.05, 0.1) is 12.7 Å². The van der Waals surface area contributed by atoms with Crippen LogP contribution < -0.4 is 11.5 Å². The first-order valence-corrected chi connectivity index (χ1v) is 4.59. The van der Waals surface area contributed by atoms with Crippen LogP contribution in [0.15, 0.2) is 11.6 Å². The van der Waals surface area contributed by atoms with Crippen LogP contribution >= 0.6 is 0 Å². The molecule has 0 aromatic heterocycles. The van der Waals surface area contributed by atoms with E-state index in [0.717, 1.165) is 0 Å². The zero-order chi connectivity index (χ0) is 11.0. The SMILES string of the molecule is NCCCC(=CCC(O)CO)C(N)=O. The Morgan fingerprint density at radius 2 is 2.14 bits per heavy atom. The fourth-order valence-corrected chi connectivity index (χ4v) is 0.971. The van der Waals surface area contributed by atoms with Crippen LogP contribution in [0.3, 0.4) is 0 Å². The monoisotopic (exact) mass is 202 g/mol. The molecule has 0 saturated heterocycles. The number of hydrogen-bond donors (Lipinski definition) is 4. The summed E-state index contributed by atoms with van der Waals surface area (Å²) in [6, 6.07) is 0. The summed E-state index contributed by atoms with van der Waals surface area (Å²) < 4.78 is 0. The Morgan fingerprint density at radius 3 is 2.57 bits per heavy atom. The van der Waals surface area contributed by atoms with Crippen LogP contribution in [0.25, 0.3) is 0 Å². The van der Waals surface area contributed by atoms with Crippen molar-refractivity contribution >= 4 is 5.91 Å². The van der Waals surface area contributed by atoms with Gasteiger partial charge in [0.2, 0.25) is 5.91 Å². The van der Waals surface area contributed by atoms with Crippen molar-refractivity contribution in [3.8, 4) is 0 Å². The lowest BCUT2D eigenvalue weighted by molar-refractivity contribution is -0.114. The van der Waals surface area contributed by atoms with Crippen molar-refractivity contribution in [1.29, 1.82) is 0 Å². The highest BCUT2D eigenvalue weighted by molar-refractivity contribution is 5.91. The fourth-order valence-electron chi connectivity index (χ4n) is 0.971. The van der Waals surface area contributed by atoms with E-state index >= 15 is 0 Å². The minimum atomic E-state index is -0.831. The van der Waals surface area contributed by atoms with Gasteiger partial charge < -0.3 is 21.7 Å². The molecule has 5 nitrogen and oxygen atoms in total. The number of primary amides is 1. The van der Waals surface area contributed by atoms with Crippen molar-refractivity contribution < 1.29 is 15.0 Å². The van der Waals surface area contributed by atoms with Gasteiger partial charge in [0.1, 0.15) is 0 Å². The van der Waals surface area contributed by atoms with Gasteiger partial charge in [0.25, 0.3) is 0 Å². The highest BCUT2D eigenvalue weighted by atomic mass is 16.3. The standard InChI is InChI=1S/C9H18N2O3/c10-5-1-2-7(9(11)14)3-4-8(13)6-12/h3,8,12-13H,1-2,4-6,10H2,(H2,11,14). The van der Waals surface area contributed by atoms with Gasteiger partial charge in [-0.15, -0.1) is 0 Å². The van der Waals surface area contributed by atoms with Crippen molar-refractivity contribution in [2.24, 2.45) is 11.5 Å². The van der Waals surface area contributed by atoms with E-state index in [2.05, 4.69) is 0 Å². The number of rotatable bonds is 7. The van der Waals surface area contributed by atoms with Gasteiger partial charge in [-0.05, 0) is 25.8 Å². The van der Waals surface area contributed by atoms with Crippen LogP contribution in [0.4, 0.5) is 0 Å². The van der Waals surface area contributed by atoms with Gasteiger partial charge in [0.15, 0.2) is 0 Å². The minimum Gasteiger partial charge on any atom is -0.394 e. The van der Waals surface area contributed by atoms with Crippen molar-refractivity contribution in [2.75, 3.05) is 13.2 Å². The molecule has 5 heteroatoms. The first-order valence-electron chi connectivity index (χ1n) is 4.59. The summed E-state index contributed by atoms with van der Waals surface area (Å²) in [4.78, 5) is 10.9. The maximum absolute atomic E-state index is 10.9. The summed E-state index contributed by atoms with van der Waals surface area (Å²) in [7, 11) is 0. The van der Waals surface area contributed by atoms with Gasteiger partial charge >= 0.3 is 0 Å². The molecule has 0 heterocycles. The van der Waals surface area contributed by atoms with Crippen molar-refractivity contribution in [1.82, 2.24) is 0 Å². The molecule has 0 radical (unpaired) electrons. The lowest BCUT2D eigenvalue weighted by atomic mass is 10.1. The molecule has 6 N–H and O–H groups in total. The topological polar surface area (TPSA) is 110 Å². The average molecular weight is 202 g/mol. The summed E-state index contributed by atoms with van der Waals surface area (Å²) in [5, 5.41) is 17.6. The van der Waals surface area contributed by atoms with Crippen LogP contribution in [-0.2, 0) is 4.79 Å². The maximum atomic E-state index is 10.9. The van der Waals surface area contributed by atoms with E-state index in [4.69, 9.17) is 21.7 Å². The van der Waals surface area contributed by atoms with Gasteiger partial charge in [-0.2, -0.15) is 0 Å². The Hall–Kier alpha value is -0.910. The molecule has 1 atom stereocenters. The molecule has 0 aromatic rings. The third kappa shape index (κ3) is 5.69. The predicted octanol–water partition coefficient (Wildman–Crippen LogP) is -1.12. The molecule has 0 fully saturated rings. The molecular formula is C9H18N2O3. The second-order valence-corrected chi connectivity index (χ2v) is 3.06. The second-order valence-electron chi connectivity index (χ2n) is 3.06. The molecule has 1 amide bonds. The molecule has 0 saturated carbocycles. The van der Waals surface area contributed by atoms with Crippen LogP contribution in [0.1, 0.15) is 19.3 Å². The van der Waals surface area contributed by atoms with E-state index in [-0.39, 0.29) is 13.0 Å².